The number of carbonyl (C=O) groups excluding carboxylic acids is 2. The molecule has 0 N–H and O–H groups in total. The zero-order valence-corrected chi connectivity index (χ0v) is 8.07. The van der Waals surface area contributed by atoms with Crippen LogP contribution in [-0.4, -0.2) is 48.2 Å². The largest absolute Gasteiger partial charge is 0.439 e. The van der Waals surface area contributed by atoms with Gasteiger partial charge >= 0.3 is 6.09 Å². The Labute approximate surface area is 82.6 Å². The Hall–Kier alpha value is -1.10. The van der Waals surface area contributed by atoms with Crippen molar-refractivity contribution >= 4 is 12.0 Å². The predicted molar refractivity (Wildman–Crippen MR) is 48.5 cm³/mol. The lowest BCUT2D eigenvalue weighted by Gasteiger charge is -2.28. The highest BCUT2D eigenvalue weighted by atomic mass is 16.6. The van der Waals surface area contributed by atoms with Crippen molar-refractivity contribution in [3.05, 3.63) is 0 Å². The highest BCUT2D eigenvalue weighted by molar-refractivity contribution is 5.97. The van der Waals surface area contributed by atoms with Crippen LogP contribution in [0.5, 0.6) is 0 Å². The molecule has 0 aromatic heterocycles. The van der Waals surface area contributed by atoms with Gasteiger partial charge < -0.3 is 4.74 Å². The first-order valence-electron chi connectivity index (χ1n) is 4.97. The van der Waals surface area contributed by atoms with Gasteiger partial charge in [0.1, 0.15) is 0 Å². The molecule has 5 nitrogen and oxygen atoms in total. The number of cyclic esters (lactones) is 1. The molecule has 0 bridgehead atoms. The van der Waals surface area contributed by atoms with E-state index in [4.69, 9.17) is 0 Å². The minimum Gasteiger partial charge on any atom is -0.439 e. The van der Waals surface area contributed by atoms with Gasteiger partial charge in [-0.1, -0.05) is 6.42 Å². The summed E-state index contributed by atoms with van der Waals surface area (Å²) in [6, 6.07) is 0. The summed E-state index contributed by atoms with van der Waals surface area (Å²) in [5.74, 6) is -0.222. The van der Waals surface area contributed by atoms with Gasteiger partial charge in [0, 0.05) is 0 Å². The number of imide groups is 1. The predicted octanol–water partition coefficient (Wildman–Crippen LogP) is 0.409. The summed E-state index contributed by atoms with van der Waals surface area (Å²) in [4.78, 5) is 25.6. The van der Waals surface area contributed by atoms with E-state index in [9.17, 15) is 9.59 Å². The lowest BCUT2D eigenvalue weighted by Crippen LogP contribution is -2.43. The third kappa shape index (κ3) is 1.87. The third-order valence-corrected chi connectivity index (χ3v) is 2.63. The molecular formula is C9H14N2O3. The highest BCUT2D eigenvalue weighted by Gasteiger charge is 2.32. The molecule has 14 heavy (non-hydrogen) atoms. The van der Waals surface area contributed by atoms with Crippen molar-refractivity contribution in [3.63, 3.8) is 0 Å². The normalized spacial score (nSPS) is 24.1. The van der Waals surface area contributed by atoms with E-state index < -0.39 is 6.09 Å². The molecule has 78 valence electrons. The minimum absolute atomic E-state index is 0.0906. The van der Waals surface area contributed by atoms with Gasteiger partial charge in [0.05, 0.1) is 6.67 Å². The van der Waals surface area contributed by atoms with Crippen LogP contribution in [0.1, 0.15) is 19.3 Å². The maximum absolute atomic E-state index is 11.2. The molecule has 0 aromatic carbocycles. The third-order valence-electron chi connectivity index (χ3n) is 2.63. The fraction of sp³-hybridized carbons (Fsp3) is 0.778. The quantitative estimate of drug-likeness (QED) is 0.644. The average Bonchev–Trinajstić information content (AvgIpc) is 2.51. The van der Waals surface area contributed by atoms with Gasteiger partial charge in [-0.05, 0) is 25.9 Å². The minimum atomic E-state index is -0.499. The van der Waals surface area contributed by atoms with Gasteiger partial charge in [-0.15, -0.1) is 0 Å². The Kier molecular flexibility index (Phi) is 2.67. The number of amides is 2. The molecule has 5 heteroatoms. The van der Waals surface area contributed by atoms with Crippen molar-refractivity contribution in [2.45, 2.75) is 19.3 Å². The van der Waals surface area contributed by atoms with Crippen LogP contribution in [-0.2, 0) is 9.53 Å². The molecule has 0 spiro atoms. The summed E-state index contributed by atoms with van der Waals surface area (Å²) >= 11 is 0. The van der Waals surface area contributed by atoms with Crippen LogP contribution in [0.4, 0.5) is 4.79 Å². The second kappa shape index (κ2) is 3.96. The Bertz CT molecular complexity index is 232. The molecule has 0 unspecified atom stereocenters. The molecule has 2 aliphatic rings. The van der Waals surface area contributed by atoms with E-state index in [0.29, 0.717) is 6.67 Å². The zero-order valence-electron chi connectivity index (χ0n) is 8.07. The summed E-state index contributed by atoms with van der Waals surface area (Å²) in [7, 11) is 0. The molecule has 2 fully saturated rings. The second-order valence-corrected chi connectivity index (χ2v) is 3.70. The van der Waals surface area contributed by atoms with Crippen molar-refractivity contribution in [3.8, 4) is 0 Å². The first-order chi connectivity index (χ1) is 6.77. The molecule has 2 amide bonds. The van der Waals surface area contributed by atoms with E-state index >= 15 is 0 Å². The summed E-state index contributed by atoms with van der Waals surface area (Å²) < 4.78 is 4.63. The van der Waals surface area contributed by atoms with Gasteiger partial charge in [0.15, 0.2) is 6.61 Å². The number of ether oxygens (including phenoxy) is 1. The molecule has 0 aromatic rings. The monoisotopic (exact) mass is 198 g/mol. The molecule has 2 heterocycles. The molecule has 2 rings (SSSR count). The number of hydrogen-bond donors (Lipinski definition) is 0. The van der Waals surface area contributed by atoms with Crippen molar-refractivity contribution in [1.29, 1.82) is 0 Å². The van der Waals surface area contributed by atoms with Gasteiger partial charge in [-0.3, -0.25) is 9.69 Å². The maximum atomic E-state index is 11.2. The fourth-order valence-electron chi connectivity index (χ4n) is 1.82. The summed E-state index contributed by atoms with van der Waals surface area (Å²) in [6.07, 6.45) is 3.05. The van der Waals surface area contributed by atoms with Gasteiger partial charge in [0.25, 0.3) is 5.91 Å². The van der Waals surface area contributed by atoms with Crippen LogP contribution < -0.4 is 0 Å². The number of carbonyl (C=O) groups is 2. The molecular weight excluding hydrogens is 184 g/mol. The Morgan fingerprint density at radius 1 is 1.14 bits per heavy atom. The van der Waals surface area contributed by atoms with Crippen LogP contribution in [0.25, 0.3) is 0 Å². The van der Waals surface area contributed by atoms with Crippen molar-refractivity contribution in [1.82, 2.24) is 9.80 Å². The summed E-state index contributed by atoms with van der Waals surface area (Å²) in [5.41, 5.74) is 0. The number of nitrogens with zero attached hydrogens (tertiary/aromatic N) is 2. The van der Waals surface area contributed by atoms with E-state index in [1.165, 1.54) is 11.3 Å². The zero-order chi connectivity index (χ0) is 9.97. The van der Waals surface area contributed by atoms with Crippen LogP contribution in [0.15, 0.2) is 0 Å². The summed E-state index contributed by atoms with van der Waals surface area (Å²) in [5, 5.41) is 0. The van der Waals surface area contributed by atoms with E-state index in [0.717, 1.165) is 25.9 Å². The van der Waals surface area contributed by atoms with Crippen molar-refractivity contribution < 1.29 is 14.3 Å². The van der Waals surface area contributed by atoms with E-state index in [1.54, 1.807) is 0 Å². The van der Waals surface area contributed by atoms with Gasteiger partial charge in [-0.2, -0.15) is 0 Å². The first-order valence-corrected chi connectivity index (χ1v) is 4.97. The van der Waals surface area contributed by atoms with E-state index in [1.807, 2.05) is 0 Å². The Morgan fingerprint density at radius 2 is 1.86 bits per heavy atom. The standard InChI is InChI=1S/C9H14N2O3/c12-8-6-14-9(13)11(8)7-10-4-2-1-3-5-10/h1-7H2. The number of likely N-dealkylation sites (tertiary alicyclic amines) is 1. The molecule has 0 saturated carbocycles. The average molecular weight is 198 g/mol. The first kappa shape index (κ1) is 9.45. The number of hydrogen-bond acceptors (Lipinski definition) is 4. The van der Waals surface area contributed by atoms with Crippen molar-refractivity contribution in [2.75, 3.05) is 26.4 Å². The lowest BCUT2D eigenvalue weighted by molar-refractivity contribution is -0.127. The Morgan fingerprint density at radius 3 is 2.43 bits per heavy atom. The number of piperidine rings is 1. The Balaban J connectivity index is 1.89. The van der Waals surface area contributed by atoms with Crippen LogP contribution in [0.3, 0.4) is 0 Å². The highest BCUT2D eigenvalue weighted by Crippen LogP contribution is 2.12. The maximum Gasteiger partial charge on any atom is 0.418 e. The van der Waals surface area contributed by atoms with E-state index in [2.05, 4.69) is 9.64 Å². The van der Waals surface area contributed by atoms with Gasteiger partial charge in [0.2, 0.25) is 0 Å². The fourth-order valence-corrected chi connectivity index (χ4v) is 1.82. The molecule has 0 aliphatic carbocycles. The van der Waals surface area contributed by atoms with Crippen LogP contribution >= 0.6 is 0 Å². The number of rotatable bonds is 2. The SMILES string of the molecule is O=C1COC(=O)N1CN1CCCCC1. The molecule has 2 aliphatic heterocycles. The molecule has 2 saturated heterocycles. The van der Waals surface area contributed by atoms with Crippen LogP contribution in [0, 0.1) is 0 Å². The summed E-state index contributed by atoms with van der Waals surface area (Å²) in [6.45, 7) is 2.25. The smallest absolute Gasteiger partial charge is 0.418 e. The van der Waals surface area contributed by atoms with Crippen molar-refractivity contribution in [2.24, 2.45) is 0 Å². The van der Waals surface area contributed by atoms with Gasteiger partial charge in [-0.25, -0.2) is 9.69 Å². The van der Waals surface area contributed by atoms with E-state index in [-0.39, 0.29) is 12.5 Å². The van der Waals surface area contributed by atoms with Crippen LogP contribution in [0.2, 0.25) is 0 Å². The second-order valence-electron chi connectivity index (χ2n) is 3.70. The lowest BCUT2D eigenvalue weighted by atomic mass is 10.1. The topological polar surface area (TPSA) is 49.9 Å². The molecule has 0 radical (unpaired) electrons. The molecule has 0 atom stereocenters.